The van der Waals surface area contributed by atoms with Gasteiger partial charge in [-0.3, -0.25) is 0 Å². The van der Waals surface area contributed by atoms with Crippen LogP contribution in [-0.4, -0.2) is 20.2 Å². The fourth-order valence-electron chi connectivity index (χ4n) is 1.60. The summed E-state index contributed by atoms with van der Waals surface area (Å²) in [5, 5.41) is 13.1. The van der Waals surface area contributed by atoms with E-state index in [9.17, 15) is 0 Å². The van der Waals surface area contributed by atoms with E-state index in [0.717, 1.165) is 11.3 Å². The number of tetrazole rings is 1. The Hall–Kier alpha value is -2.20. The van der Waals surface area contributed by atoms with Crippen molar-refractivity contribution in [3.8, 4) is 17.1 Å². The normalized spacial score (nSPS) is 10.5. The molecule has 0 radical (unpaired) electrons. The van der Waals surface area contributed by atoms with Crippen molar-refractivity contribution in [1.82, 2.24) is 20.2 Å². The number of hydrogen-bond acceptors (Lipinski definition) is 3. The predicted molar refractivity (Wildman–Crippen MR) is 69.6 cm³/mol. The van der Waals surface area contributed by atoms with Crippen molar-refractivity contribution in [2.75, 3.05) is 0 Å². The van der Waals surface area contributed by atoms with Crippen molar-refractivity contribution in [3.05, 3.63) is 59.6 Å². The van der Waals surface area contributed by atoms with Gasteiger partial charge in [-0.2, -0.15) is 0 Å². The monoisotopic (exact) mass is 256 g/mol. The first-order valence-corrected chi connectivity index (χ1v) is 5.82. The molecule has 0 fully saturated rings. The molecule has 0 amide bonds. The first kappa shape index (κ1) is 10.9. The molecule has 0 aliphatic heterocycles. The van der Waals surface area contributed by atoms with E-state index < -0.39 is 0 Å². The Kier molecular flexibility index (Phi) is 2.78. The molecule has 2 aromatic carbocycles. The molecule has 0 saturated carbocycles. The van der Waals surface area contributed by atoms with Crippen molar-refractivity contribution < 1.29 is 0 Å². The molecule has 0 bridgehead atoms. The summed E-state index contributed by atoms with van der Waals surface area (Å²) in [4.78, 5) is 1.50. The van der Waals surface area contributed by atoms with Crippen molar-refractivity contribution in [1.29, 1.82) is 0 Å². The molecule has 1 heterocycles. The van der Waals surface area contributed by atoms with E-state index in [1.807, 2.05) is 42.5 Å². The topological polar surface area (TPSA) is 43.6 Å². The molecule has 0 N–H and O–H groups in total. The molecule has 1 aromatic heterocycles. The highest BCUT2D eigenvalue weighted by molar-refractivity contribution is 6.30. The van der Waals surface area contributed by atoms with Gasteiger partial charge < -0.3 is 0 Å². The second kappa shape index (κ2) is 4.58. The van der Waals surface area contributed by atoms with Crippen molar-refractivity contribution in [2.24, 2.45) is 0 Å². The Morgan fingerprint density at radius 3 is 2.33 bits per heavy atom. The number of aromatic nitrogens is 4. The molecule has 88 valence electrons. The Bertz CT molecular complexity index is 646. The van der Waals surface area contributed by atoms with E-state index in [0.29, 0.717) is 10.8 Å². The molecule has 3 aromatic rings. The molecule has 3 rings (SSSR count). The van der Waals surface area contributed by atoms with Crippen LogP contribution < -0.4 is 0 Å². The van der Waals surface area contributed by atoms with Crippen molar-refractivity contribution in [3.63, 3.8) is 0 Å². The van der Waals surface area contributed by atoms with Gasteiger partial charge >= 0.3 is 0 Å². The van der Waals surface area contributed by atoms with Crippen molar-refractivity contribution >= 4 is 11.6 Å². The molecule has 0 aliphatic carbocycles. The zero-order valence-electron chi connectivity index (χ0n) is 9.36. The summed E-state index contributed by atoms with van der Waals surface area (Å²) < 4.78 is 0. The highest BCUT2D eigenvalue weighted by Crippen LogP contribution is 2.17. The predicted octanol–water partition coefficient (Wildman–Crippen LogP) is 2.98. The summed E-state index contributed by atoms with van der Waals surface area (Å²) in [6.45, 7) is 0. The minimum Gasteiger partial charge on any atom is -0.130 e. The van der Waals surface area contributed by atoms with Crippen LogP contribution in [0.15, 0.2) is 54.6 Å². The van der Waals surface area contributed by atoms with Gasteiger partial charge in [0.15, 0.2) is 0 Å². The smallest absolute Gasteiger partial charge is 0.130 e. The molecule has 0 aliphatic rings. The van der Waals surface area contributed by atoms with Gasteiger partial charge in [0.1, 0.15) is 0 Å². The standard InChI is InChI=1S/C13H9ClN4/c14-11-8-6-10(7-9-11)13-15-17-18(16-13)12-4-2-1-3-5-12/h1-9H. The van der Waals surface area contributed by atoms with Gasteiger partial charge in [0.05, 0.1) is 5.69 Å². The number of halogens is 1. The van der Waals surface area contributed by atoms with E-state index in [2.05, 4.69) is 15.4 Å². The van der Waals surface area contributed by atoms with Gasteiger partial charge in [0.2, 0.25) is 5.82 Å². The highest BCUT2D eigenvalue weighted by Gasteiger charge is 2.06. The lowest BCUT2D eigenvalue weighted by Crippen LogP contribution is -1.98. The van der Waals surface area contributed by atoms with E-state index in [1.54, 1.807) is 12.1 Å². The average Bonchev–Trinajstić information content (AvgIpc) is 2.90. The van der Waals surface area contributed by atoms with Crippen LogP contribution in [-0.2, 0) is 0 Å². The zero-order valence-corrected chi connectivity index (χ0v) is 10.1. The lowest BCUT2D eigenvalue weighted by molar-refractivity contribution is 0.720. The zero-order chi connectivity index (χ0) is 12.4. The van der Waals surface area contributed by atoms with E-state index >= 15 is 0 Å². The molecule has 0 atom stereocenters. The highest BCUT2D eigenvalue weighted by atomic mass is 35.5. The second-order valence-electron chi connectivity index (χ2n) is 3.74. The van der Waals surface area contributed by atoms with Gasteiger partial charge in [0.25, 0.3) is 0 Å². The van der Waals surface area contributed by atoms with Crippen LogP contribution >= 0.6 is 11.6 Å². The molecule has 0 spiro atoms. The number of benzene rings is 2. The second-order valence-corrected chi connectivity index (χ2v) is 4.18. The maximum Gasteiger partial charge on any atom is 0.205 e. The van der Waals surface area contributed by atoms with Gasteiger partial charge in [-0.05, 0) is 41.6 Å². The summed E-state index contributed by atoms with van der Waals surface area (Å²) in [5.74, 6) is 0.579. The minimum atomic E-state index is 0.579. The van der Waals surface area contributed by atoms with Crippen LogP contribution in [0.4, 0.5) is 0 Å². The molecule has 4 nitrogen and oxygen atoms in total. The summed E-state index contributed by atoms with van der Waals surface area (Å²) in [5.41, 5.74) is 1.77. The maximum atomic E-state index is 5.84. The summed E-state index contributed by atoms with van der Waals surface area (Å²) in [6, 6.07) is 17.0. The molecular formula is C13H9ClN4. The average molecular weight is 257 g/mol. The number of para-hydroxylation sites is 1. The Morgan fingerprint density at radius 2 is 1.61 bits per heavy atom. The van der Waals surface area contributed by atoms with Gasteiger partial charge in [-0.1, -0.05) is 29.8 Å². The molecule has 5 heteroatoms. The van der Waals surface area contributed by atoms with Crippen molar-refractivity contribution in [2.45, 2.75) is 0 Å². The van der Waals surface area contributed by atoms with Gasteiger partial charge in [-0.25, -0.2) is 0 Å². The summed E-state index contributed by atoms with van der Waals surface area (Å²) >= 11 is 5.84. The van der Waals surface area contributed by atoms with Gasteiger partial charge in [0, 0.05) is 10.6 Å². The minimum absolute atomic E-state index is 0.579. The lowest BCUT2D eigenvalue weighted by atomic mass is 10.2. The van der Waals surface area contributed by atoms with E-state index in [1.165, 1.54) is 4.80 Å². The molecular weight excluding hydrogens is 248 g/mol. The third kappa shape index (κ3) is 2.10. The SMILES string of the molecule is Clc1ccc(-c2nnn(-c3ccccc3)n2)cc1. The van der Waals surface area contributed by atoms with E-state index in [4.69, 9.17) is 11.6 Å². The largest absolute Gasteiger partial charge is 0.205 e. The fourth-order valence-corrected chi connectivity index (χ4v) is 1.73. The third-order valence-corrected chi connectivity index (χ3v) is 2.76. The third-order valence-electron chi connectivity index (χ3n) is 2.50. The lowest BCUT2D eigenvalue weighted by Gasteiger charge is -1.96. The van der Waals surface area contributed by atoms with Crippen LogP contribution in [0.2, 0.25) is 5.02 Å². The number of hydrogen-bond donors (Lipinski definition) is 0. The van der Waals surface area contributed by atoms with Crippen LogP contribution in [0.5, 0.6) is 0 Å². The van der Waals surface area contributed by atoms with Crippen LogP contribution in [0.25, 0.3) is 17.1 Å². The van der Waals surface area contributed by atoms with Gasteiger partial charge in [-0.15, -0.1) is 15.0 Å². The van der Waals surface area contributed by atoms with Crippen LogP contribution in [0.1, 0.15) is 0 Å². The maximum absolute atomic E-state index is 5.84. The Labute approximate surface area is 109 Å². The molecule has 0 saturated heterocycles. The number of nitrogens with zero attached hydrogens (tertiary/aromatic N) is 4. The Balaban J connectivity index is 1.97. The van der Waals surface area contributed by atoms with Crippen LogP contribution in [0, 0.1) is 0 Å². The summed E-state index contributed by atoms with van der Waals surface area (Å²) in [6.07, 6.45) is 0. The fraction of sp³-hybridized carbons (Fsp3) is 0. The Morgan fingerprint density at radius 1 is 0.889 bits per heavy atom. The van der Waals surface area contributed by atoms with Crippen LogP contribution in [0.3, 0.4) is 0 Å². The quantitative estimate of drug-likeness (QED) is 0.708. The first-order chi connectivity index (χ1) is 8.83. The first-order valence-electron chi connectivity index (χ1n) is 5.44. The summed E-state index contributed by atoms with van der Waals surface area (Å²) in [7, 11) is 0. The molecule has 18 heavy (non-hydrogen) atoms. The number of rotatable bonds is 2. The van der Waals surface area contributed by atoms with E-state index in [-0.39, 0.29) is 0 Å². The molecule has 0 unspecified atom stereocenters.